The van der Waals surface area contributed by atoms with Crippen molar-refractivity contribution in [1.29, 1.82) is 0 Å². The van der Waals surface area contributed by atoms with Gasteiger partial charge in [-0.25, -0.2) is 9.78 Å². The second-order valence-electron chi connectivity index (χ2n) is 3.34. The Balaban J connectivity index is 2.00. The molecule has 0 fully saturated rings. The van der Waals surface area contributed by atoms with Gasteiger partial charge in [0, 0.05) is 13.2 Å². The van der Waals surface area contributed by atoms with Crippen molar-refractivity contribution in [3.05, 3.63) is 36.0 Å². The summed E-state index contributed by atoms with van der Waals surface area (Å²) in [5, 5.41) is 17.2. The summed E-state index contributed by atoms with van der Waals surface area (Å²) < 4.78 is 1.83. The van der Waals surface area contributed by atoms with Gasteiger partial charge in [-0.15, -0.1) is 10.2 Å². The van der Waals surface area contributed by atoms with Crippen LogP contribution >= 0.6 is 11.8 Å². The summed E-state index contributed by atoms with van der Waals surface area (Å²) in [7, 11) is 1.87. The van der Waals surface area contributed by atoms with Crippen molar-refractivity contribution in [1.82, 2.24) is 19.7 Å². The molecule has 0 amide bonds. The van der Waals surface area contributed by atoms with E-state index in [-0.39, 0.29) is 5.56 Å². The smallest absolute Gasteiger partial charge is 0.337 e. The number of aromatic carboxylic acids is 1. The monoisotopic (exact) mass is 250 g/mol. The van der Waals surface area contributed by atoms with Gasteiger partial charge in [0.05, 0.1) is 16.3 Å². The number of hydrogen-bond donors (Lipinski definition) is 1. The molecule has 0 unspecified atom stereocenters. The molecular formula is C10H10N4O2S. The summed E-state index contributed by atoms with van der Waals surface area (Å²) in [5.74, 6) is 0.525. The highest BCUT2D eigenvalue weighted by atomic mass is 32.2. The second kappa shape index (κ2) is 4.96. The van der Waals surface area contributed by atoms with Crippen LogP contribution in [0.1, 0.15) is 16.2 Å². The van der Waals surface area contributed by atoms with Gasteiger partial charge in [0.25, 0.3) is 0 Å². The van der Waals surface area contributed by atoms with Gasteiger partial charge < -0.3 is 9.67 Å². The van der Waals surface area contributed by atoms with E-state index < -0.39 is 5.97 Å². The summed E-state index contributed by atoms with van der Waals surface area (Å²) >= 11 is 1.49. The summed E-state index contributed by atoms with van der Waals surface area (Å²) in [6.07, 6.45) is 2.98. The number of aromatic nitrogens is 4. The average molecular weight is 250 g/mol. The first kappa shape index (κ1) is 11.6. The lowest BCUT2D eigenvalue weighted by atomic mass is 10.3. The molecular weight excluding hydrogens is 240 g/mol. The van der Waals surface area contributed by atoms with Crippen molar-refractivity contribution in [3.63, 3.8) is 0 Å². The summed E-state index contributed by atoms with van der Waals surface area (Å²) in [6, 6.07) is 3.22. The van der Waals surface area contributed by atoms with Gasteiger partial charge >= 0.3 is 5.97 Å². The van der Waals surface area contributed by atoms with Gasteiger partial charge in [-0.1, -0.05) is 11.8 Å². The maximum Gasteiger partial charge on any atom is 0.337 e. The molecule has 0 radical (unpaired) electrons. The molecule has 0 aliphatic rings. The maximum absolute atomic E-state index is 10.6. The van der Waals surface area contributed by atoms with Crippen LogP contribution in [0.2, 0.25) is 0 Å². The lowest BCUT2D eigenvalue weighted by Crippen LogP contribution is -1.97. The van der Waals surface area contributed by atoms with Gasteiger partial charge in [-0.05, 0) is 12.1 Å². The first-order chi connectivity index (χ1) is 8.16. The molecule has 0 saturated heterocycles. The third kappa shape index (κ3) is 2.82. The van der Waals surface area contributed by atoms with Crippen molar-refractivity contribution in [2.75, 3.05) is 0 Å². The predicted octanol–water partition coefficient (Wildman–Crippen LogP) is 1.20. The maximum atomic E-state index is 10.6. The normalized spacial score (nSPS) is 10.4. The van der Waals surface area contributed by atoms with E-state index in [0.29, 0.717) is 5.75 Å². The predicted molar refractivity (Wildman–Crippen MR) is 61.8 cm³/mol. The van der Waals surface area contributed by atoms with E-state index >= 15 is 0 Å². The van der Waals surface area contributed by atoms with Crippen molar-refractivity contribution < 1.29 is 9.90 Å². The molecule has 0 aromatic carbocycles. The number of carboxylic acids is 1. The highest BCUT2D eigenvalue weighted by Crippen LogP contribution is 2.19. The number of pyridine rings is 1. The van der Waals surface area contributed by atoms with Crippen LogP contribution in [0.5, 0.6) is 0 Å². The Bertz CT molecular complexity index is 523. The topological polar surface area (TPSA) is 80.9 Å². The molecule has 0 aliphatic heterocycles. The number of carboxylic acid groups (broad SMARTS) is 1. The second-order valence-corrected chi connectivity index (χ2v) is 4.33. The van der Waals surface area contributed by atoms with Crippen molar-refractivity contribution >= 4 is 17.7 Å². The fourth-order valence-corrected chi connectivity index (χ4v) is 2.00. The Morgan fingerprint density at radius 2 is 2.35 bits per heavy atom. The van der Waals surface area contributed by atoms with E-state index in [2.05, 4.69) is 15.2 Å². The summed E-state index contributed by atoms with van der Waals surface area (Å²) in [6.45, 7) is 0. The first-order valence-corrected chi connectivity index (χ1v) is 5.80. The van der Waals surface area contributed by atoms with Crippen LogP contribution in [0.4, 0.5) is 0 Å². The molecule has 0 spiro atoms. The summed E-state index contributed by atoms with van der Waals surface area (Å²) in [5.41, 5.74) is 0.188. The zero-order chi connectivity index (χ0) is 12.3. The van der Waals surface area contributed by atoms with E-state index in [1.807, 2.05) is 11.6 Å². The third-order valence-electron chi connectivity index (χ3n) is 2.14. The van der Waals surface area contributed by atoms with Crippen molar-refractivity contribution in [2.45, 2.75) is 10.8 Å². The zero-order valence-electron chi connectivity index (χ0n) is 9.07. The Labute approximate surface area is 102 Å². The minimum absolute atomic E-state index is 0.188. The van der Waals surface area contributed by atoms with Gasteiger partial charge in [-0.3, -0.25) is 0 Å². The zero-order valence-corrected chi connectivity index (χ0v) is 9.89. The quantitative estimate of drug-likeness (QED) is 0.821. The molecule has 88 valence electrons. The van der Waals surface area contributed by atoms with E-state index in [1.54, 1.807) is 12.4 Å². The van der Waals surface area contributed by atoms with Crippen molar-refractivity contribution in [2.24, 2.45) is 7.05 Å². The standard InChI is InChI=1S/C10H10N4O2S/c1-14-6-12-13-8(14)5-17-9-3-2-7(4-11-9)10(15)16/h2-4,6H,5H2,1H3,(H,15,16). The van der Waals surface area contributed by atoms with Crippen LogP contribution in [0.3, 0.4) is 0 Å². The minimum atomic E-state index is -0.970. The van der Waals surface area contributed by atoms with Gasteiger partial charge in [0.15, 0.2) is 0 Å². The molecule has 7 heteroatoms. The number of thioether (sulfide) groups is 1. The Kier molecular flexibility index (Phi) is 3.38. The van der Waals surface area contributed by atoms with E-state index in [9.17, 15) is 4.79 Å². The van der Waals surface area contributed by atoms with Crippen LogP contribution in [0.15, 0.2) is 29.7 Å². The molecule has 2 rings (SSSR count). The minimum Gasteiger partial charge on any atom is -0.478 e. The SMILES string of the molecule is Cn1cnnc1CSc1ccc(C(=O)O)cn1. The molecule has 0 atom stereocenters. The fraction of sp³-hybridized carbons (Fsp3) is 0.200. The van der Waals surface area contributed by atoms with Crippen LogP contribution in [0, 0.1) is 0 Å². The number of carbonyl (C=O) groups is 1. The average Bonchev–Trinajstić information content (AvgIpc) is 2.73. The molecule has 0 aliphatic carbocycles. The van der Waals surface area contributed by atoms with E-state index in [1.165, 1.54) is 24.0 Å². The van der Waals surface area contributed by atoms with Gasteiger partial charge in [-0.2, -0.15) is 0 Å². The Morgan fingerprint density at radius 1 is 1.53 bits per heavy atom. The summed E-state index contributed by atoms with van der Waals surface area (Å²) in [4.78, 5) is 14.7. The fourth-order valence-electron chi connectivity index (χ4n) is 1.17. The Morgan fingerprint density at radius 3 is 2.88 bits per heavy atom. The molecule has 1 N–H and O–H groups in total. The number of hydrogen-bond acceptors (Lipinski definition) is 5. The number of rotatable bonds is 4. The lowest BCUT2D eigenvalue weighted by Gasteiger charge is -2.00. The third-order valence-corrected chi connectivity index (χ3v) is 3.08. The largest absolute Gasteiger partial charge is 0.478 e. The Hall–Kier alpha value is -1.89. The van der Waals surface area contributed by atoms with Crippen LogP contribution in [-0.4, -0.2) is 30.8 Å². The molecule has 2 heterocycles. The molecule has 6 nitrogen and oxygen atoms in total. The molecule has 2 aromatic rings. The van der Waals surface area contributed by atoms with Gasteiger partial charge in [0.2, 0.25) is 0 Å². The van der Waals surface area contributed by atoms with Crippen LogP contribution in [-0.2, 0) is 12.8 Å². The molecule has 0 saturated carbocycles. The molecule has 0 bridgehead atoms. The number of nitrogens with zero attached hydrogens (tertiary/aromatic N) is 4. The lowest BCUT2D eigenvalue weighted by molar-refractivity contribution is 0.0696. The molecule has 2 aromatic heterocycles. The molecule has 17 heavy (non-hydrogen) atoms. The van der Waals surface area contributed by atoms with Crippen LogP contribution < -0.4 is 0 Å². The van der Waals surface area contributed by atoms with Crippen LogP contribution in [0.25, 0.3) is 0 Å². The van der Waals surface area contributed by atoms with Gasteiger partial charge in [0.1, 0.15) is 12.2 Å². The number of aryl methyl sites for hydroxylation is 1. The first-order valence-electron chi connectivity index (χ1n) is 4.82. The highest BCUT2D eigenvalue weighted by molar-refractivity contribution is 7.98. The highest BCUT2D eigenvalue weighted by Gasteiger charge is 2.05. The van der Waals surface area contributed by atoms with Crippen molar-refractivity contribution in [3.8, 4) is 0 Å². The van der Waals surface area contributed by atoms with E-state index in [4.69, 9.17) is 5.11 Å². The van der Waals surface area contributed by atoms with E-state index in [0.717, 1.165) is 10.9 Å².